The van der Waals surface area contributed by atoms with Crippen molar-refractivity contribution in [3.05, 3.63) is 17.7 Å². The fraction of sp³-hybridized carbons (Fsp3) is 0.714. The Labute approximate surface area is 135 Å². The molecule has 1 aromatic heterocycles. The van der Waals surface area contributed by atoms with Crippen molar-refractivity contribution in [3.8, 4) is 0 Å². The first-order valence-electron chi connectivity index (χ1n) is 7.74. The van der Waals surface area contributed by atoms with Gasteiger partial charge in [0.15, 0.2) is 6.04 Å². The third kappa shape index (κ3) is 2.88. The Kier molecular flexibility index (Phi) is 3.97. The molecule has 1 saturated heterocycles. The second-order valence-electron chi connectivity index (χ2n) is 6.94. The van der Waals surface area contributed by atoms with Crippen LogP contribution in [0.25, 0.3) is 0 Å². The van der Waals surface area contributed by atoms with Crippen LogP contribution in [0.2, 0.25) is 0 Å². The van der Waals surface area contributed by atoms with E-state index in [1.807, 2.05) is 0 Å². The molecule has 2 aliphatic rings. The number of aromatic nitrogens is 2. The van der Waals surface area contributed by atoms with Crippen molar-refractivity contribution >= 4 is 16.2 Å². The third-order valence-corrected chi connectivity index (χ3v) is 6.82. The number of imidazole rings is 1. The van der Waals surface area contributed by atoms with Gasteiger partial charge in [0.25, 0.3) is 10.2 Å². The first-order valence-corrected chi connectivity index (χ1v) is 9.14. The van der Waals surface area contributed by atoms with E-state index in [9.17, 15) is 18.3 Å². The van der Waals surface area contributed by atoms with Crippen LogP contribution in [0.15, 0.2) is 6.33 Å². The topological polar surface area (TPSA) is 107 Å². The average molecular weight is 342 g/mol. The summed E-state index contributed by atoms with van der Waals surface area (Å²) < 4.78 is 28.4. The lowest BCUT2D eigenvalue weighted by atomic mass is 9.83. The van der Waals surface area contributed by atoms with Crippen molar-refractivity contribution in [3.63, 3.8) is 0 Å². The molecular weight excluding hydrogens is 320 g/mol. The summed E-state index contributed by atoms with van der Waals surface area (Å²) in [5.74, 6) is -1.20. The van der Waals surface area contributed by atoms with Gasteiger partial charge in [-0.25, -0.2) is 4.98 Å². The van der Waals surface area contributed by atoms with E-state index in [1.54, 1.807) is 0 Å². The molecular formula is C14H22N4O4S. The second kappa shape index (κ2) is 5.57. The van der Waals surface area contributed by atoms with Gasteiger partial charge in [-0.2, -0.15) is 17.0 Å². The zero-order chi connectivity index (χ0) is 16.8. The average Bonchev–Trinajstić information content (AvgIpc) is 2.93. The summed E-state index contributed by atoms with van der Waals surface area (Å²) >= 11 is 0. The molecule has 2 N–H and O–H groups in total. The summed E-state index contributed by atoms with van der Waals surface area (Å²) in [6.07, 6.45) is 3.40. The van der Waals surface area contributed by atoms with Gasteiger partial charge in [0.2, 0.25) is 0 Å². The van der Waals surface area contributed by atoms with E-state index in [1.165, 1.54) is 10.6 Å². The van der Waals surface area contributed by atoms with Crippen LogP contribution in [-0.2, 0) is 21.4 Å². The van der Waals surface area contributed by atoms with E-state index in [-0.39, 0.29) is 12.0 Å². The van der Waals surface area contributed by atoms with Crippen molar-refractivity contribution in [2.75, 3.05) is 19.6 Å². The fourth-order valence-electron chi connectivity index (χ4n) is 3.21. The van der Waals surface area contributed by atoms with Crippen LogP contribution >= 0.6 is 0 Å². The lowest BCUT2D eigenvalue weighted by Crippen LogP contribution is -2.52. The highest BCUT2D eigenvalue weighted by atomic mass is 32.2. The molecule has 8 nitrogen and oxygen atoms in total. The van der Waals surface area contributed by atoms with Crippen molar-refractivity contribution in [1.82, 2.24) is 18.6 Å². The number of fused-ring (bicyclic) bond motifs is 1. The van der Waals surface area contributed by atoms with Gasteiger partial charge in [-0.15, -0.1) is 0 Å². The molecule has 1 aromatic rings. The highest BCUT2D eigenvalue weighted by Gasteiger charge is 2.45. The Morgan fingerprint density at radius 3 is 2.61 bits per heavy atom. The number of aromatic amines is 1. The number of piperidine rings is 1. The molecule has 1 fully saturated rings. The lowest BCUT2D eigenvalue weighted by molar-refractivity contribution is -0.142. The smallest absolute Gasteiger partial charge is 0.328 e. The molecule has 23 heavy (non-hydrogen) atoms. The van der Waals surface area contributed by atoms with Gasteiger partial charge in [-0.3, -0.25) is 4.79 Å². The summed E-state index contributed by atoms with van der Waals surface area (Å²) in [5.41, 5.74) is 1.11. The molecule has 0 aliphatic carbocycles. The molecule has 9 heteroatoms. The van der Waals surface area contributed by atoms with Crippen molar-refractivity contribution in [1.29, 1.82) is 0 Å². The molecule has 0 amide bonds. The predicted molar refractivity (Wildman–Crippen MR) is 82.9 cm³/mol. The Bertz CT molecular complexity index is 702. The molecule has 0 spiro atoms. The van der Waals surface area contributed by atoms with E-state index in [0.29, 0.717) is 30.9 Å². The van der Waals surface area contributed by atoms with Gasteiger partial charge >= 0.3 is 5.97 Å². The molecule has 3 rings (SSSR count). The first kappa shape index (κ1) is 16.4. The summed E-state index contributed by atoms with van der Waals surface area (Å²) in [5, 5.41) is 9.54. The van der Waals surface area contributed by atoms with E-state index >= 15 is 0 Å². The highest BCUT2D eigenvalue weighted by Crippen LogP contribution is 2.35. The van der Waals surface area contributed by atoms with Crippen LogP contribution in [0.5, 0.6) is 0 Å². The molecule has 1 unspecified atom stereocenters. The number of aliphatic carboxylic acids is 1. The number of nitrogens with one attached hydrogen (secondary N) is 1. The molecule has 0 radical (unpaired) electrons. The molecule has 128 valence electrons. The van der Waals surface area contributed by atoms with Crippen molar-refractivity contribution in [2.24, 2.45) is 5.41 Å². The molecule has 1 atom stereocenters. The number of hydrogen-bond donors (Lipinski definition) is 2. The second-order valence-corrected chi connectivity index (χ2v) is 8.82. The zero-order valence-corrected chi connectivity index (χ0v) is 14.1. The van der Waals surface area contributed by atoms with E-state index in [0.717, 1.165) is 17.1 Å². The van der Waals surface area contributed by atoms with Crippen LogP contribution in [0.4, 0.5) is 0 Å². The molecule has 0 aromatic carbocycles. The van der Waals surface area contributed by atoms with E-state index in [4.69, 9.17) is 0 Å². The monoisotopic (exact) mass is 342 g/mol. The summed E-state index contributed by atoms with van der Waals surface area (Å²) in [4.78, 5) is 18.6. The fourth-order valence-corrected chi connectivity index (χ4v) is 4.93. The summed E-state index contributed by atoms with van der Waals surface area (Å²) in [6, 6.07) is -1.26. The van der Waals surface area contributed by atoms with Gasteiger partial charge in [0, 0.05) is 31.7 Å². The first-order chi connectivity index (χ1) is 10.7. The molecule has 2 aliphatic heterocycles. The van der Waals surface area contributed by atoms with Crippen LogP contribution in [0, 0.1) is 5.41 Å². The zero-order valence-electron chi connectivity index (χ0n) is 13.3. The molecule has 0 bridgehead atoms. The van der Waals surface area contributed by atoms with Crippen molar-refractivity contribution < 1.29 is 18.3 Å². The van der Waals surface area contributed by atoms with Gasteiger partial charge in [-0.1, -0.05) is 13.8 Å². The normalized spacial score (nSPS) is 25.9. The number of carboxylic acids is 1. The van der Waals surface area contributed by atoms with Gasteiger partial charge in [-0.05, 0) is 18.3 Å². The maximum atomic E-state index is 12.9. The van der Waals surface area contributed by atoms with Gasteiger partial charge in [0.05, 0.1) is 12.0 Å². The summed E-state index contributed by atoms with van der Waals surface area (Å²) in [6.45, 7) is 5.23. The number of carboxylic acid groups (broad SMARTS) is 1. The Balaban J connectivity index is 1.89. The Morgan fingerprint density at radius 2 is 2.00 bits per heavy atom. The summed E-state index contributed by atoms with van der Waals surface area (Å²) in [7, 11) is -3.82. The number of carbonyl (C=O) groups is 1. The number of nitrogens with zero attached hydrogens (tertiary/aromatic N) is 3. The lowest BCUT2D eigenvalue weighted by Gasteiger charge is -2.40. The minimum atomic E-state index is -3.82. The van der Waals surface area contributed by atoms with E-state index in [2.05, 4.69) is 23.8 Å². The van der Waals surface area contributed by atoms with Crippen LogP contribution in [0.1, 0.15) is 44.1 Å². The van der Waals surface area contributed by atoms with Crippen LogP contribution in [-0.4, -0.2) is 57.7 Å². The highest BCUT2D eigenvalue weighted by molar-refractivity contribution is 7.86. The molecule has 0 saturated carbocycles. The minimum absolute atomic E-state index is 0.121. The third-order valence-electron chi connectivity index (χ3n) is 4.81. The maximum Gasteiger partial charge on any atom is 0.328 e. The largest absolute Gasteiger partial charge is 0.480 e. The molecule has 3 heterocycles. The van der Waals surface area contributed by atoms with Gasteiger partial charge in [0.1, 0.15) is 0 Å². The number of H-pyrrole nitrogens is 1. The number of hydrogen-bond acceptors (Lipinski definition) is 4. The van der Waals surface area contributed by atoms with Gasteiger partial charge < -0.3 is 10.1 Å². The maximum absolute atomic E-state index is 12.9. The van der Waals surface area contributed by atoms with E-state index < -0.39 is 22.2 Å². The minimum Gasteiger partial charge on any atom is -0.480 e. The quantitative estimate of drug-likeness (QED) is 0.843. The Morgan fingerprint density at radius 1 is 1.35 bits per heavy atom. The van der Waals surface area contributed by atoms with Crippen LogP contribution < -0.4 is 0 Å². The van der Waals surface area contributed by atoms with Crippen LogP contribution in [0.3, 0.4) is 0 Å². The predicted octanol–water partition coefficient (Wildman–Crippen LogP) is 0.760. The van der Waals surface area contributed by atoms with Crippen molar-refractivity contribution in [2.45, 2.75) is 39.2 Å². The Hall–Kier alpha value is -1.45. The SMILES string of the molecule is CC1(C)CCN(S(=O)(=O)N2CCc3[nH]cnc3C2C(=O)O)CC1. The standard InChI is InChI=1S/C14H22N4O4S/c1-14(2)4-7-17(8-5-14)23(21,22)18-6-3-10-11(16-9-15-10)12(18)13(19)20/h9,12H,3-8H2,1-2H3,(H,15,16)(H,19,20). The number of rotatable bonds is 3.